The van der Waals surface area contributed by atoms with E-state index in [0.717, 1.165) is 16.9 Å². The third-order valence-corrected chi connectivity index (χ3v) is 4.59. The van der Waals surface area contributed by atoms with Crippen LogP contribution in [0.15, 0.2) is 114 Å². The number of hydrogen-bond donors (Lipinski definition) is 1. The topological polar surface area (TPSA) is 59.9 Å². The Morgan fingerprint density at radius 1 is 0.781 bits per heavy atom. The monoisotopic (exact) mass is 422 g/mol. The minimum Gasteiger partial charge on any atom is -0.488 e. The van der Waals surface area contributed by atoms with Crippen LogP contribution in [0.25, 0.3) is 0 Å². The van der Waals surface area contributed by atoms with Gasteiger partial charge in [0, 0.05) is 0 Å². The van der Waals surface area contributed by atoms with Crippen LogP contribution < -0.4 is 14.9 Å². The van der Waals surface area contributed by atoms with Crippen LogP contribution >= 0.6 is 0 Å². The minimum absolute atomic E-state index is 0.346. The minimum atomic E-state index is -0.346. The summed E-state index contributed by atoms with van der Waals surface area (Å²) in [5, 5.41) is 4.09. The van der Waals surface area contributed by atoms with Crippen LogP contribution in [0.3, 0.4) is 0 Å². The third kappa shape index (κ3) is 5.83. The Morgan fingerprint density at radius 3 is 2.28 bits per heavy atom. The smallest absolute Gasteiger partial charge is 0.275 e. The average Bonchev–Trinajstić information content (AvgIpc) is 2.84. The van der Waals surface area contributed by atoms with Crippen molar-refractivity contribution in [2.24, 2.45) is 5.10 Å². The van der Waals surface area contributed by atoms with Crippen molar-refractivity contribution in [2.75, 3.05) is 0 Å². The first-order valence-electron chi connectivity index (χ1n) is 10.2. The van der Waals surface area contributed by atoms with Crippen molar-refractivity contribution in [1.82, 2.24) is 5.43 Å². The molecule has 4 rings (SSSR count). The van der Waals surface area contributed by atoms with Crippen LogP contribution in [-0.2, 0) is 6.61 Å². The summed E-state index contributed by atoms with van der Waals surface area (Å²) < 4.78 is 11.7. The van der Waals surface area contributed by atoms with Gasteiger partial charge in [0.1, 0.15) is 23.9 Å². The highest BCUT2D eigenvalue weighted by atomic mass is 16.5. The van der Waals surface area contributed by atoms with E-state index in [9.17, 15) is 4.79 Å². The number of para-hydroxylation sites is 2. The molecular weight excluding hydrogens is 400 g/mol. The van der Waals surface area contributed by atoms with E-state index in [2.05, 4.69) is 10.5 Å². The van der Waals surface area contributed by atoms with Crippen LogP contribution in [0.1, 0.15) is 21.5 Å². The van der Waals surface area contributed by atoms with Gasteiger partial charge in [-0.15, -0.1) is 0 Å². The lowest BCUT2D eigenvalue weighted by Crippen LogP contribution is -2.18. The van der Waals surface area contributed by atoms with E-state index in [4.69, 9.17) is 9.47 Å². The zero-order valence-electron chi connectivity index (χ0n) is 17.3. The number of nitrogens with zero attached hydrogens (tertiary/aromatic N) is 1. The fourth-order valence-corrected chi connectivity index (χ4v) is 3.02. The van der Waals surface area contributed by atoms with Crippen LogP contribution in [0.4, 0.5) is 0 Å². The van der Waals surface area contributed by atoms with Crippen LogP contribution in [-0.4, -0.2) is 12.1 Å². The van der Waals surface area contributed by atoms with Gasteiger partial charge in [-0.05, 0) is 47.5 Å². The van der Waals surface area contributed by atoms with Gasteiger partial charge in [-0.25, -0.2) is 5.43 Å². The van der Waals surface area contributed by atoms with Gasteiger partial charge in [-0.2, -0.15) is 5.10 Å². The van der Waals surface area contributed by atoms with Gasteiger partial charge in [0.15, 0.2) is 0 Å². The molecule has 5 heteroatoms. The molecule has 0 aliphatic carbocycles. The van der Waals surface area contributed by atoms with Gasteiger partial charge < -0.3 is 9.47 Å². The normalized spacial score (nSPS) is 10.6. The largest absolute Gasteiger partial charge is 0.488 e. The first-order chi connectivity index (χ1) is 15.8. The maximum atomic E-state index is 12.6. The predicted octanol–water partition coefficient (Wildman–Crippen LogP) is 5.82. The second-order valence-electron chi connectivity index (χ2n) is 6.96. The number of hydrogen-bond acceptors (Lipinski definition) is 4. The predicted molar refractivity (Wildman–Crippen MR) is 125 cm³/mol. The summed E-state index contributed by atoms with van der Waals surface area (Å²) in [6, 6.07) is 33.9. The number of nitrogens with one attached hydrogen (secondary N) is 1. The molecular formula is C27H22N2O3. The number of rotatable bonds is 8. The first kappa shape index (κ1) is 20.9. The van der Waals surface area contributed by atoms with E-state index in [0.29, 0.717) is 23.7 Å². The second-order valence-corrected chi connectivity index (χ2v) is 6.96. The number of carbonyl (C=O) groups excluding carboxylic acids is 1. The summed E-state index contributed by atoms with van der Waals surface area (Å²) in [5.74, 6) is 1.59. The maximum Gasteiger partial charge on any atom is 0.275 e. The van der Waals surface area contributed by atoms with Crippen molar-refractivity contribution in [2.45, 2.75) is 6.61 Å². The van der Waals surface area contributed by atoms with Crippen molar-refractivity contribution >= 4 is 12.1 Å². The van der Waals surface area contributed by atoms with Gasteiger partial charge in [-0.3, -0.25) is 4.79 Å². The van der Waals surface area contributed by atoms with Gasteiger partial charge in [-0.1, -0.05) is 72.8 Å². The van der Waals surface area contributed by atoms with E-state index in [1.807, 2.05) is 91.0 Å². The number of carbonyl (C=O) groups is 1. The van der Waals surface area contributed by atoms with Gasteiger partial charge in [0.2, 0.25) is 0 Å². The summed E-state index contributed by atoms with van der Waals surface area (Å²) >= 11 is 0. The number of ether oxygens (including phenoxy) is 2. The number of benzene rings is 4. The Kier molecular flexibility index (Phi) is 6.91. The van der Waals surface area contributed by atoms with E-state index >= 15 is 0 Å². The molecule has 4 aromatic carbocycles. The average molecular weight is 422 g/mol. The molecule has 1 amide bonds. The molecule has 0 saturated carbocycles. The van der Waals surface area contributed by atoms with Crippen LogP contribution in [0.5, 0.6) is 17.2 Å². The lowest BCUT2D eigenvalue weighted by atomic mass is 10.2. The van der Waals surface area contributed by atoms with Gasteiger partial charge in [0.05, 0.1) is 11.8 Å². The Morgan fingerprint density at radius 2 is 1.47 bits per heavy atom. The third-order valence-electron chi connectivity index (χ3n) is 4.59. The summed E-state index contributed by atoms with van der Waals surface area (Å²) in [4.78, 5) is 12.6. The fraction of sp³-hybridized carbons (Fsp3) is 0.0370. The molecule has 0 atom stereocenters. The first-order valence-corrected chi connectivity index (χ1v) is 10.2. The molecule has 158 valence electrons. The Hall–Kier alpha value is -4.38. The molecule has 5 nitrogen and oxygen atoms in total. The fourth-order valence-electron chi connectivity index (χ4n) is 3.02. The van der Waals surface area contributed by atoms with E-state index in [1.54, 1.807) is 24.4 Å². The Balaban J connectivity index is 1.38. The van der Waals surface area contributed by atoms with Crippen molar-refractivity contribution in [1.29, 1.82) is 0 Å². The van der Waals surface area contributed by atoms with E-state index in [-0.39, 0.29) is 5.91 Å². The highest BCUT2D eigenvalue weighted by Crippen LogP contribution is 2.21. The molecule has 0 saturated heterocycles. The van der Waals surface area contributed by atoms with Crippen molar-refractivity contribution < 1.29 is 14.3 Å². The molecule has 0 aliphatic rings. The summed E-state index contributed by atoms with van der Waals surface area (Å²) in [5.41, 5.74) is 4.81. The molecule has 0 unspecified atom stereocenters. The molecule has 0 bridgehead atoms. The quantitative estimate of drug-likeness (QED) is 0.287. The molecule has 0 heterocycles. The lowest BCUT2D eigenvalue weighted by Gasteiger charge is -2.10. The highest BCUT2D eigenvalue weighted by molar-refractivity contribution is 5.97. The van der Waals surface area contributed by atoms with Crippen molar-refractivity contribution in [3.05, 3.63) is 126 Å². The van der Waals surface area contributed by atoms with Crippen molar-refractivity contribution in [3.63, 3.8) is 0 Å². The summed E-state index contributed by atoms with van der Waals surface area (Å²) in [6.45, 7) is 0.378. The molecule has 32 heavy (non-hydrogen) atoms. The molecule has 0 fully saturated rings. The highest BCUT2D eigenvalue weighted by Gasteiger charge is 2.11. The standard InChI is InChI=1S/C27H22N2O3/c30-27(25-16-7-8-17-26(25)31-20-21-10-3-1-4-11-21)29-28-19-22-12-9-15-24(18-22)32-23-13-5-2-6-14-23/h1-19H,20H2,(H,29,30)/b28-19-. The van der Waals surface area contributed by atoms with E-state index < -0.39 is 0 Å². The maximum absolute atomic E-state index is 12.6. The van der Waals surface area contributed by atoms with E-state index in [1.165, 1.54) is 0 Å². The Labute approximate surface area is 187 Å². The zero-order valence-corrected chi connectivity index (χ0v) is 17.3. The number of amides is 1. The summed E-state index contributed by atoms with van der Waals surface area (Å²) in [7, 11) is 0. The number of hydrazone groups is 1. The van der Waals surface area contributed by atoms with Crippen molar-refractivity contribution in [3.8, 4) is 17.2 Å². The molecule has 1 N–H and O–H groups in total. The zero-order chi connectivity index (χ0) is 22.0. The van der Waals surface area contributed by atoms with Gasteiger partial charge >= 0.3 is 0 Å². The molecule has 0 radical (unpaired) electrons. The molecule has 4 aromatic rings. The second kappa shape index (κ2) is 10.6. The summed E-state index contributed by atoms with van der Waals surface area (Å²) in [6.07, 6.45) is 1.57. The lowest BCUT2D eigenvalue weighted by molar-refractivity contribution is 0.0950. The molecule has 0 aromatic heterocycles. The molecule has 0 aliphatic heterocycles. The van der Waals surface area contributed by atoms with Gasteiger partial charge in [0.25, 0.3) is 5.91 Å². The van der Waals surface area contributed by atoms with Crippen LogP contribution in [0, 0.1) is 0 Å². The van der Waals surface area contributed by atoms with Crippen LogP contribution in [0.2, 0.25) is 0 Å². The SMILES string of the molecule is O=C(N/N=C\c1cccc(Oc2ccccc2)c1)c1ccccc1OCc1ccccc1. The Bertz CT molecular complexity index is 1190. The molecule has 0 spiro atoms.